The summed E-state index contributed by atoms with van der Waals surface area (Å²) in [5, 5.41) is -0.422. The van der Waals surface area contributed by atoms with Gasteiger partial charge in [0.25, 0.3) is 0 Å². The summed E-state index contributed by atoms with van der Waals surface area (Å²) in [5.41, 5.74) is 3.48. The zero-order valence-corrected chi connectivity index (χ0v) is 8.97. The van der Waals surface area contributed by atoms with Crippen molar-refractivity contribution < 1.29 is 4.79 Å². The van der Waals surface area contributed by atoms with Gasteiger partial charge in [0.2, 0.25) is 0 Å². The Morgan fingerprint density at radius 2 is 2.07 bits per heavy atom. The van der Waals surface area contributed by atoms with E-state index >= 15 is 0 Å². The molecule has 0 spiro atoms. The van der Waals surface area contributed by atoms with Crippen LogP contribution in [0.4, 0.5) is 0 Å². The standard InChI is InChI=1S/C12H13ClO/c1-8(13)12(14)11-6-5-9-3-2-4-10(9)7-11/h5-8H,2-4H2,1H3/t8-/m0/s1. The summed E-state index contributed by atoms with van der Waals surface area (Å²) in [6, 6.07) is 5.96. The summed E-state index contributed by atoms with van der Waals surface area (Å²) in [7, 11) is 0. The highest BCUT2D eigenvalue weighted by atomic mass is 35.5. The van der Waals surface area contributed by atoms with Crippen LogP contribution >= 0.6 is 11.6 Å². The fraction of sp³-hybridized carbons (Fsp3) is 0.417. The Bertz CT molecular complexity index is 369. The third kappa shape index (κ3) is 1.69. The molecule has 0 saturated carbocycles. The number of carbonyl (C=O) groups is 1. The second-order valence-electron chi connectivity index (χ2n) is 3.82. The van der Waals surface area contributed by atoms with Crippen molar-refractivity contribution in [2.75, 3.05) is 0 Å². The molecule has 1 aliphatic carbocycles. The molecule has 14 heavy (non-hydrogen) atoms. The number of halogens is 1. The third-order valence-electron chi connectivity index (χ3n) is 2.74. The molecule has 1 aliphatic rings. The van der Waals surface area contributed by atoms with Crippen molar-refractivity contribution in [1.82, 2.24) is 0 Å². The van der Waals surface area contributed by atoms with Crippen molar-refractivity contribution in [1.29, 1.82) is 0 Å². The number of benzene rings is 1. The number of Topliss-reactive ketones (excluding diaryl/α,β-unsaturated/α-hetero) is 1. The predicted molar refractivity (Wildman–Crippen MR) is 58.1 cm³/mol. The van der Waals surface area contributed by atoms with Gasteiger partial charge in [0, 0.05) is 5.56 Å². The zero-order valence-electron chi connectivity index (χ0n) is 8.22. The van der Waals surface area contributed by atoms with Crippen molar-refractivity contribution >= 4 is 17.4 Å². The molecule has 0 bridgehead atoms. The molecule has 0 radical (unpaired) electrons. The maximum absolute atomic E-state index is 11.6. The molecular formula is C12H13ClO. The van der Waals surface area contributed by atoms with E-state index in [-0.39, 0.29) is 5.78 Å². The Hall–Kier alpha value is -0.820. The van der Waals surface area contributed by atoms with Crippen molar-refractivity contribution in [3.8, 4) is 0 Å². The minimum Gasteiger partial charge on any atom is -0.293 e. The highest BCUT2D eigenvalue weighted by Gasteiger charge is 2.16. The second-order valence-corrected chi connectivity index (χ2v) is 4.47. The topological polar surface area (TPSA) is 17.1 Å². The van der Waals surface area contributed by atoms with Gasteiger partial charge in [-0.1, -0.05) is 12.1 Å². The molecule has 0 N–H and O–H groups in total. The predicted octanol–water partition coefficient (Wildman–Crippen LogP) is 2.99. The van der Waals surface area contributed by atoms with Gasteiger partial charge in [-0.2, -0.15) is 0 Å². The molecule has 2 heteroatoms. The number of ketones is 1. The summed E-state index contributed by atoms with van der Waals surface area (Å²) < 4.78 is 0. The van der Waals surface area contributed by atoms with Gasteiger partial charge in [-0.15, -0.1) is 11.6 Å². The average molecular weight is 209 g/mol. The van der Waals surface area contributed by atoms with Crippen molar-refractivity contribution in [2.45, 2.75) is 31.6 Å². The van der Waals surface area contributed by atoms with Gasteiger partial charge in [-0.25, -0.2) is 0 Å². The first-order valence-electron chi connectivity index (χ1n) is 4.98. The first-order valence-corrected chi connectivity index (χ1v) is 5.42. The highest BCUT2D eigenvalue weighted by Crippen LogP contribution is 2.23. The normalized spacial score (nSPS) is 16.4. The van der Waals surface area contributed by atoms with E-state index < -0.39 is 5.38 Å². The maximum atomic E-state index is 11.6. The van der Waals surface area contributed by atoms with Gasteiger partial charge in [0.1, 0.15) is 0 Å². The van der Waals surface area contributed by atoms with E-state index in [1.54, 1.807) is 6.92 Å². The van der Waals surface area contributed by atoms with Crippen molar-refractivity contribution in [3.63, 3.8) is 0 Å². The molecular weight excluding hydrogens is 196 g/mol. The Morgan fingerprint density at radius 3 is 2.79 bits per heavy atom. The van der Waals surface area contributed by atoms with Gasteiger partial charge in [-0.05, 0) is 43.4 Å². The van der Waals surface area contributed by atoms with Crippen LogP contribution < -0.4 is 0 Å². The van der Waals surface area contributed by atoms with Crippen LogP contribution in [0.15, 0.2) is 18.2 Å². The van der Waals surface area contributed by atoms with Crippen LogP contribution in [-0.4, -0.2) is 11.2 Å². The first kappa shape index (κ1) is 9.72. The van der Waals surface area contributed by atoms with Crippen molar-refractivity contribution in [3.05, 3.63) is 34.9 Å². The van der Waals surface area contributed by atoms with Crippen LogP contribution in [0.3, 0.4) is 0 Å². The number of rotatable bonds is 2. The van der Waals surface area contributed by atoms with Crippen molar-refractivity contribution in [2.24, 2.45) is 0 Å². The molecule has 0 saturated heterocycles. The van der Waals surface area contributed by atoms with Gasteiger partial charge in [0.15, 0.2) is 5.78 Å². The first-order chi connectivity index (χ1) is 6.68. The Kier molecular flexibility index (Phi) is 2.60. The van der Waals surface area contributed by atoms with E-state index in [2.05, 4.69) is 6.07 Å². The number of hydrogen-bond acceptors (Lipinski definition) is 1. The van der Waals surface area contributed by atoms with Crippen LogP contribution in [0.2, 0.25) is 0 Å². The van der Waals surface area contributed by atoms with E-state index in [4.69, 9.17) is 11.6 Å². The van der Waals surface area contributed by atoms with Crippen LogP contribution in [0, 0.1) is 0 Å². The lowest BCUT2D eigenvalue weighted by Crippen LogP contribution is -2.10. The zero-order chi connectivity index (χ0) is 10.1. The van der Waals surface area contributed by atoms with Gasteiger partial charge >= 0.3 is 0 Å². The molecule has 74 valence electrons. The van der Waals surface area contributed by atoms with E-state index in [1.165, 1.54) is 17.5 Å². The van der Waals surface area contributed by atoms with Gasteiger partial charge < -0.3 is 0 Å². The molecule has 1 aromatic rings. The quantitative estimate of drug-likeness (QED) is 0.540. The van der Waals surface area contributed by atoms with E-state index in [9.17, 15) is 4.79 Å². The second kappa shape index (κ2) is 3.74. The SMILES string of the molecule is C[C@H](Cl)C(=O)c1ccc2c(c1)CCC2. The van der Waals surface area contributed by atoms with Crippen LogP contribution in [-0.2, 0) is 12.8 Å². The van der Waals surface area contributed by atoms with Gasteiger partial charge in [0.05, 0.1) is 5.38 Å². The molecule has 0 aromatic heterocycles. The fourth-order valence-electron chi connectivity index (χ4n) is 1.95. The molecule has 0 amide bonds. The summed E-state index contributed by atoms with van der Waals surface area (Å²) in [6.07, 6.45) is 3.47. The molecule has 0 unspecified atom stereocenters. The minimum atomic E-state index is -0.422. The lowest BCUT2D eigenvalue weighted by atomic mass is 10.0. The summed E-state index contributed by atoms with van der Waals surface area (Å²) in [5.74, 6) is 0.0290. The number of aryl methyl sites for hydroxylation is 2. The third-order valence-corrected chi connectivity index (χ3v) is 2.94. The Morgan fingerprint density at radius 1 is 1.36 bits per heavy atom. The maximum Gasteiger partial charge on any atom is 0.180 e. The monoisotopic (exact) mass is 208 g/mol. The molecule has 2 rings (SSSR count). The molecule has 0 fully saturated rings. The lowest BCUT2D eigenvalue weighted by molar-refractivity contribution is 0.0991. The molecule has 0 heterocycles. The van der Waals surface area contributed by atoms with Gasteiger partial charge in [-0.3, -0.25) is 4.79 Å². The smallest absolute Gasteiger partial charge is 0.180 e. The molecule has 1 atom stereocenters. The summed E-state index contributed by atoms with van der Waals surface area (Å²) in [6.45, 7) is 1.72. The number of hydrogen-bond donors (Lipinski definition) is 0. The molecule has 1 nitrogen and oxygen atoms in total. The average Bonchev–Trinajstić information content (AvgIpc) is 2.62. The molecule has 1 aromatic carbocycles. The fourth-order valence-corrected chi connectivity index (χ4v) is 2.08. The summed E-state index contributed by atoms with van der Waals surface area (Å²) in [4.78, 5) is 11.6. The Labute approximate surface area is 89.1 Å². The van der Waals surface area contributed by atoms with Crippen LogP contribution in [0.1, 0.15) is 34.8 Å². The summed E-state index contributed by atoms with van der Waals surface area (Å²) >= 11 is 5.76. The number of alkyl halides is 1. The number of fused-ring (bicyclic) bond motifs is 1. The lowest BCUT2D eigenvalue weighted by Gasteiger charge is -2.05. The number of carbonyl (C=O) groups excluding carboxylic acids is 1. The Balaban J connectivity index is 2.33. The largest absolute Gasteiger partial charge is 0.293 e. The van der Waals surface area contributed by atoms with Crippen LogP contribution in [0.25, 0.3) is 0 Å². The van der Waals surface area contributed by atoms with E-state index in [0.29, 0.717) is 0 Å². The molecule has 0 aliphatic heterocycles. The van der Waals surface area contributed by atoms with E-state index in [1.807, 2.05) is 12.1 Å². The van der Waals surface area contributed by atoms with E-state index in [0.717, 1.165) is 18.4 Å². The minimum absolute atomic E-state index is 0.0290. The van der Waals surface area contributed by atoms with Crippen LogP contribution in [0.5, 0.6) is 0 Å². The highest BCUT2D eigenvalue weighted by molar-refractivity contribution is 6.33.